The Morgan fingerprint density at radius 2 is 1.53 bits per heavy atom. The van der Waals surface area contributed by atoms with Crippen LogP contribution in [0.25, 0.3) is 0 Å². The van der Waals surface area contributed by atoms with Gasteiger partial charge in [0, 0.05) is 6.42 Å². The van der Waals surface area contributed by atoms with E-state index in [4.69, 9.17) is 14.9 Å². The van der Waals surface area contributed by atoms with Gasteiger partial charge in [0.1, 0.15) is 0 Å². The first-order valence-corrected chi connectivity index (χ1v) is 6.36. The number of carboxylic acid groups (broad SMARTS) is 1. The van der Waals surface area contributed by atoms with Crippen LogP contribution in [0.4, 0.5) is 0 Å². The van der Waals surface area contributed by atoms with E-state index in [2.05, 4.69) is 10.2 Å². The van der Waals surface area contributed by atoms with Crippen molar-refractivity contribution < 1.29 is 19.7 Å². The lowest BCUT2D eigenvalue weighted by atomic mass is 10.1. The molecule has 0 fully saturated rings. The second kappa shape index (κ2) is 6.43. The number of carbonyl (C=O) groups is 1. The van der Waals surface area contributed by atoms with E-state index in [0.717, 1.165) is 0 Å². The maximum absolute atomic E-state index is 10.7. The van der Waals surface area contributed by atoms with Crippen molar-refractivity contribution in [2.75, 3.05) is 0 Å². The summed E-state index contributed by atoms with van der Waals surface area (Å²) in [5.74, 6) is -0.906. The van der Waals surface area contributed by atoms with Crippen LogP contribution in [-0.2, 0) is 14.6 Å². The van der Waals surface area contributed by atoms with Crippen molar-refractivity contribution in [2.24, 2.45) is 10.2 Å². The number of aliphatic carboxylic acids is 1. The molecule has 112 valence electrons. The fourth-order valence-corrected chi connectivity index (χ4v) is 0.918. The highest BCUT2D eigenvalue weighted by atomic mass is 17.2. The molecule has 6 nitrogen and oxygen atoms in total. The predicted molar refractivity (Wildman–Crippen MR) is 71.8 cm³/mol. The van der Waals surface area contributed by atoms with Gasteiger partial charge in [-0.25, -0.2) is 9.78 Å². The van der Waals surface area contributed by atoms with Crippen LogP contribution in [0.2, 0.25) is 0 Å². The molecule has 0 aliphatic heterocycles. The van der Waals surface area contributed by atoms with Gasteiger partial charge in [-0.15, -0.1) is 0 Å². The molecule has 0 aromatic carbocycles. The van der Waals surface area contributed by atoms with Gasteiger partial charge in [0.25, 0.3) is 0 Å². The third kappa shape index (κ3) is 10.6. The molecule has 0 rings (SSSR count). The lowest BCUT2D eigenvalue weighted by Gasteiger charge is -2.28. The summed E-state index contributed by atoms with van der Waals surface area (Å²) < 4.78 is 0. The van der Waals surface area contributed by atoms with Crippen molar-refractivity contribution >= 4 is 5.97 Å². The summed E-state index contributed by atoms with van der Waals surface area (Å²) in [6, 6.07) is 0. The molecule has 0 radical (unpaired) electrons. The monoisotopic (exact) mass is 274 g/mol. The van der Waals surface area contributed by atoms with Crippen LogP contribution in [0, 0.1) is 0 Å². The van der Waals surface area contributed by atoms with E-state index in [1.807, 2.05) is 41.5 Å². The molecule has 0 saturated carbocycles. The lowest BCUT2D eigenvalue weighted by Crippen LogP contribution is -2.32. The van der Waals surface area contributed by atoms with Crippen LogP contribution >= 0.6 is 0 Å². The fraction of sp³-hybridized carbons (Fsp3) is 0.923. The van der Waals surface area contributed by atoms with Crippen molar-refractivity contribution in [1.29, 1.82) is 0 Å². The van der Waals surface area contributed by atoms with Gasteiger partial charge in [-0.05, 0) is 48.5 Å². The molecule has 1 atom stereocenters. The molecule has 0 saturated heterocycles. The summed E-state index contributed by atoms with van der Waals surface area (Å²) >= 11 is 0. The van der Waals surface area contributed by atoms with Crippen molar-refractivity contribution in [3.05, 3.63) is 0 Å². The van der Waals surface area contributed by atoms with Crippen LogP contribution < -0.4 is 0 Å². The topological polar surface area (TPSA) is 80.5 Å². The molecule has 0 aromatic rings. The number of rotatable bonds is 6. The first kappa shape index (κ1) is 18.0. The fourth-order valence-electron chi connectivity index (χ4n) is 0.918. The SMILES string of the molecule is CC(C)(C)/N=N/C(C)(CCC(=O)O)OOC(C)(C)C. The summed E-state index contributed by atoms with van der Waals surface area (Å²) in [6.45, 7) is 12.9. The van der Waals surface area contributed by atoms with Crippen LogP contribution in [0.15, 0.2) is 10.2 Å². The maximum Gasteiger partial charge on any atom is 0.303 e. The Kier molecular flexibility index (Phi) is 6.09. The zero-order valence-electron chi connectivity index (χ0n) is 13.0. The minimum absolute atomic E-state index is 0.0623. The van der Waals surface area contributed by atoms with Crippen molar-refractivity contribution in [3.8, 4) is 0 Å². The summed E-state index contributed by atoms with van der Waals surface area (Å²) in [6.07, 6.45) is 0.130. The van der Waals surface area contributed by atoms with Crippen LogP contribution in [0.5, 0.6) is 0 Å². The summed E-state index contributed by atoms with van der Waals surface area (Å²) in [7, 11) is 0. The molecule has 0 aliphatic carbocycles. The van der Waals surface area contributed by atoms with Crippen LogP contribution in [0.1, 0.15) is 61.3 Å². The van der Waals surface area contributed by atoms with E-state index in [9.17, 15) is 4.79 Å². The highest BCUT2D eigenvalue weighted by Gasteiger charge is 2.30. The summed E-state index contributed by atoms with van der Waals surface area (Å²) in [5.41, 5.74) is -1.95. The molecule has 0 spiro atoms. The third-order valence-corrected chi connectivity index (χ3v) is 1.84. The quantitative estimate of drug-likeness (QED) is 0.456. The van der Waals surface area contributed by atoms with Crippen molar-refractivity contribution in [1.82, 2.24) is 0 Å². The molecule has 6 heteroatoms. The van der Waals surface area contributed by atoms with Gasteiger partial charge in [-0.2, -0.15) is 10.2 Å². The van der Waals surface area contributed by atoms with E-state index in [1.54, 1.807) is 6.92 Å². The number of carboxylic acids is 1. The lowest BCUT2D eigenvalue weighted by molar-refractivity contribution is -0.401. The van der Waals surface area contributed by atoms with E-state index in [1.165, 1.54) is 0 Å². The summed E-state index contributed by atoms with van der Waals surface area (Å²) in [5, 5.41) is 17.0. The normalized spacial score (nSPS) is 16.6. The first-order chi connectivity index (χ1) is 8.33. The first-order valence-electron chi connectivity index (χ1n) is 6.36. The molecule has 0 heterocycles. The van der Waals surface area contributed by atoms with Gasteiger partial charge < -0.3 is 5.11 Å². The van der Waals surface area contributed by atoms with Crippen LogP contribution in [0.3, 0.4) is 0 Å². The number of hydrogen-bond acceptors (Lipinski definition) is 5. The zero-order chi connectivity index (χ0) is 15.3. The third-order valence-electron chi connectivity index (χ3n) is 1.84. The predicted octanol–water partition coefficient (Wildman–Crippen LogP) is 3.56. The van der Waals surface area contributed by atoms with Gasteiger partial charge in [0.15, 0.2) is 0 Å². The second-order valence-electron chi connectivity index (χ2n) is 6.72. The minimum Gasteiger partial charge on any atom is -0.481 e. The zero-order valence-corrected chi connectivity index (χ0v) is 13.0. The van der Waals surface area contributed by atoms with Crippen LogP contribution in [-0.4, -0.2) is 27.9 Å². The van der Waals surface area contributed by atoms with E-state index in [-0.39, 0.29) is 18.4 Å². The second-order valence-corrected chi connectivity index (χ2v) is 6.72. The average molecular weight is 274 g/mol. The Labute approximate surface area is 115 Å². The highest BCUT2D eigenvalue weighted by molar-refractivity contribution is 5.66. The Morgan fingerprint density at radius 3 is 1.89 bits per heavy atom. The number of hydrogen-bond donors (Lipinski definition) is 1. The maximum atomic E-state index is 10.7. The number of nitrogens with zero attached hydrogens (tertiary/aromatic N) is 2. The van der Waals surface area contributed by atoms with Gasteiger partial charge in [-0.3, -0.25) is 4.79 Å². The largest absolute Gasteiger partial charge is 0.481 e. The Bertz CT molecular complexity index is 329. The Morgan fingerprint density at radius 1 is 1.00 bits per heavy atom. The Balaban J connectivity index is 4.81. The molecular weight excluding hydrogens is 248 g/mol. The Hall–Kier alpha value is -1.01. The average Bonchev–Trinajstić information content (AvgIpc) is 2.19. The molecule has 0 aromatic heterocycles. The molecule has 19 heavy (non-hydrogen) atoms. The smallest absolute Gasteiger partial charge is 0.303 e. The molecule has 0 bridgehead atoms. The van der Waals surface area contributed by atoms with Gasteiger partial charge in [-0.1, -0.05) is 0 Å². The van der Waals surface area contributed by atoms with E-state index >= 15 is 0 Å². The minimum atomic E-state index is -1.10. The van der Waals surface area contributed by atoms with Crippen molar-refractivity contribution in [2.45, 2.75) is 78.2 Å². The molecular formula is C13H26N2O4. The summed E-state index contributed by atoms with van der Waals surface area (Å²) in [4.78, 5) is 21.2. The van der Waals surface area contributed by atoms with Gasteiger partial charge >= 0.3 is 5.97 Å². The van der Waals surface area contributed by atoms with Gasteiger partial charge in [0.05, 0.1) is 17.6 Å². The van der Waals surface area contributed by atoms with E-state index < -0.39 is 17.3 Å². The molecule has 0 aliphatic rings. The standard InChI is InChI=1S/C13H26N2O4/c1-11(2,3)14-15-13(7,9-8-10(16)17)19-18-12(4,5)6/h8-9H2,1-7H3,(H,16,17)/b15-14+. The molecule has 1 unspecified atom stereocenters. The molecule has 0 amide bonds. The van der Waals surface area contributed by atoms with Crippen molar-refractivity contribution in [3.63, 3.8) is 0 Å². The van der Waals surface area contributed by atoms with Gasteiger partial charge in [0.2, 0.25) is 5.72 Å². The van der Waals surface area contributed by atoms with E-state index in [0.29, 0.717) is 0 Å². The number of azo groups is 1. The molecule has 1 N–H and O–H groups in total. The highest BCUT2D eigenvalue weighted by Crippen LogP contribution is 2.25.